The molecule has 2 aromatic carbocycles. The second-order valence-corrected chi connectivity index (χ2v) is 6.21. The summed E-state index contributed by atoms with van der Waals surface area (Å²) < 4.78 is 1.84. The third kappa shape index (κ3) is 3.41. The molecule has 2 aromatic heterocycles. The van der Waals surface area contributed by atoms with Gasteiger partial charge in [-0.1, -0.05) is 23.7 Å². The molecule has 0 atom stereocenters. The zero-order chi connectivity index (χ0) is 17.2. The highest BCUT2D eigenvalue weighted by atomic mass is 35.5. The van der Waals surface area contributed by atoms with Crippen LogP contribution in [0.4, 0.5) is 5.69 Å². The van der Waals surface area contributed by atoms with Crippen LogP contribution in [0.1, 0.15) is 16.1 Å². The van der Waals surface area contributed by atoms with E-state index in [0.717, 1.165) is 22.2 Å². The van der Waals surface area contributed by atoms with Gasteiger partial charge in [-0.25, -0.2) is 0 Å². The van der Waals surface area contributed by atoms with Crippen molar-refractivity contribution in [2.45, 2.75) is 6.54 Å². The highest BCUT2D eigenvalue weighted by Gasteiger charge is 2.10. The molecule has 0 saturated heterocycles. The number of carbonyl (C=O) groups is 1. The molecular formula is C19H15ClN4O. The van der Waals surface area contributed by atoms with Crippen molar-refractivity contribution in [2.24, 2.45) is 0 Å². The van der Waals surface area contributed by atoms with Crippen molar-refractivity contribution in [1.29, 1.82) is 0 Å². The quantitative estimate of drug-likeness (QED) is 0.575. The lowest BCUT2D eigenvalue weighted by Gasteiger charge is -2.07. The average molecular weight is 351 g/mol. The van der Waals surface area contributed by atoms with E-state index in [0.29, 0.717) is 17.3 Å². The third-order valence-electron chi connectivity index (χ3n) is 3.92. The summed E-state index contributed by atoms with van der Waals surface area (Å²) in [6.45, 7) is 0.654. The molecule has 1 amide bonds. The Hall–Kier alpha value is -3.05. The van der Waals surface area contributed by atoms with Crippen molar-refractivity contribution in [3.8, 4) is 0 Å². The van der Waals surface area contributed by atoms with Crippen LogP contribution in [0.2, 0.25) is 5.02 Å². The van der Waals surface area contributed by atoms with Gasteiger partial charge < -0.3 is 10.3 Å². The van der Waals surface area contributed by atoms with Crippen molar-refractivity contribution in [2.75, 3.05) is 5.32 Å². The Morgan fingerprint density at radius 2 is 2.08 bits per heavy atom. The Morgan fingerprint density at radius 3 is 2.92 bits per heavy atom. The molecular weight excluding hydrogens is 336 g/mol. The minimum atomic E-state index is -0.191. The summed E-state index contributed by atoms with van der Waals surface area (Å²) in [7, 11) is 0. The molecule has 0 unspecified atom stereocenters. The second kappa shape index (κ2) is 6.45. The fourth-order valence-corrected chi connectivity index (χ4v) is 2.93. The Balaban J connectivity index is 1.53. The molecule has 2 N–H and O–H groups in total. The second-order valence-electron chi connectivity index (χ2n) is 5.77. The van der Waals surface area contributed by atoms with Gasteiger partial charge in [0, 0.05) is 34.0 Å². The largest absolute Gasteiger partial charge is 0.351 e. The van der Waals surface area contributed by atoms with Gasteiger partial charge >= 0.3 is 0 Å². The lowest BCUT2D eigenvalue weighted by molar-refractivity contribution is 0.102. The van der Waals surface area contributed by atoms with Crippen LogP contribution in [0.25, 0.3) is 10.9 Å². The summed E-state index contributed by atoms with van der Waals surface area (Å²) in [6.07, 6.45) is 3.65. The fourth-order valence-electron chi connectivity index (χ4n) is 2.75. The first-order chi connectivity index (χ1) is 12.2. The van der Waals surface area contributed by atoms with Gasteiger partial charge in [-0.05, 0) is 48.0 Å². The van der Waals surface area contributed by atoms with Crippen LogP contribution >= 0.6 is 11.6 Å². The smallest absolute Gasteiger partial charge is 0.272 e. The minimum Gasteiger partial charge on any atom is -0.351 e. The van der Waals surface area contributed by atoms with E-state index in [1.807, 2.05) is 53.3 Å². The number of nitrogens with one attached hydrogen (secondary N) is 2. The Kier molecular flexibility index (Phi) is 3.99. The predicted molar refractivity (Wildman–Crippen MR) is 99.0 cm³/mol. The summed E-state index contributed by atoms with van der Waals surface area (Å²) in [5, 5.41) is 8.67. The Bertz CT molecular complexity index is 1040. The maximum atomic E-state index is 12.5. The lowest BCUT2D eigenvalue weighted by atomic mass is 10.2. The number of nitrogens with zero attached hydrogens (tertiary/aromatic N) is 2. The Morgan fingerprint density at radius 1 is 1.16 bits per heavy atom. The van der Waals surface area contributed by atoms with Crippen LogP contribution in [0, 0.1) is 0 Å². The van der Waals surface area contributed by atoms with Crippen LogP contribution in [0.5, 0.6) is 0 Å². The molecule has 2 heterocycles. The molecule has 0 aliphatic heterocycles. The van der Waals surface area contributed by atoms with Crippen molar-refractivity contribution in [3.05, 3.63) is 83.3 Å². The molecule has 6 heteroatoms. The van der Waals surface area contributed by atoms with Crippen LogP contribution < -0.4 is 5.32 Å². The number of fused-ring (bicyclic) bond motifs is 1. The molecule has 0 saturated carbocycles. The van der Waals surface area contributed by atoms with Crippen LogP contribution in [0.15, 0.2) is 67.0 Å². The summed E-state index contributed by atoms with van der Waals surface area (Å²) in [4.78, 5) is 15.6. The van der Waals surface area contributed by atoms with Crippen LogP contribution in [-0.4, -0.2) is 20.7 Å². The summed E-state index contributed by atoms with van der Waals surface area (Å²) in [5.41, 5.74) is 3.17. The Labute approximate surface area is 149 Å². The minimum absolute atomic E-state index is 0.191. The number of H-pyrrole nitrogens is 1. The number of hydrogen-bond acceptors (Lipinski definition) is 2. The summed E-state index contributed by atoms with van der Waals surface area (Å²) >= 11 is 5.99. The SMILES string of the molecule is O=C(Nc1cccc(Cn2cccn2)c1)c1cc2cc(Cl)ccc2[nH]1. The number of rotatable bonds is 4. The molecule has 0 fully saturated rings. The van der Waals surface area contributed by atoms with Crippen molar-refractivity contribution in [1.82, 2.24) is 14.8 Å². The van der Waals surface area contributed by atoms with Gasteiger partial charge in [-0.2, -0.15) is 5.10 Å². The number of amides is 1. The van der Waals surface area contributed by atoms with E-state index in [2.05, 4.69) is 15.4 Å². The molecule has 0 spiro atoms. The molecule has 25 heavy (non-hydrogen) atoms. The first kappa shape index (κ1) is 15.5. The number of halogens is 1. The standard InChI is InChI=1S/C19H15ClN4O/c20-15-5-6-17-14(10-15)11-18(23-17)19(25)22-16-4-1-3-13(9-16)12-24-8-2-7-21-24/h1-11,23H,12H2,(H,22,25). The highest BCUT2D eigenvalue weighted by molar-refractivity contribution is 6.31. The third-order valence-corrected chi connectivity index (χ3v) is 4.15. The van der Waals surface area contributed by atoms with Crippen molar-refractivity contribution < 1.29 is 4.79 Å². The van der Waals surface area contributed by atoms with E-state index in [1.54, 1.807) is 18.3 Å². The number of hydrogen-bond donors (Lipinski definition) is 2. The fraction of sp³-hybridized carbons (Fsp3) is 0.0526. The zero-order valence-electron chi connectivity index (χ0n) is 13.2. The monoisotopic (exact) mass is 350 g/mol. The summed E-state index contributed by atoms with van der Waals surface area (Å²) in [6, 6.07) is 16.9. The van der Waals surface area contributed by atoms with Crippen molar-refractivity contribution >= 4 is 34.1 Å². The molecule has 5 nitrogen and oxygen atoms in total. The molecule has 0 aliphatic rings. The van der Waals surface area contributed by atoms with E-state index in [4.69, 9.17) is 11.6 Å². The maximum absolute atomic E-state index is 12.5. The topological polar surface area (TPSA) is 62.7 Å². The number of aromatic amines is 1. The van der Waals surface area contributed by atoms with Gasteiger partial charge in [0.2, 0.25) is 0 Å². The number of anilines is 1. The van der Waals surface area contributed by atoms with E-state index in [1.165, 1.54) is 0 Å². The molecule has 4 aromatic rings. The van der Waals surface area contributed by atoms with Crippen molar-refractivity contribution in [3.63, 3.8) is 0 Å². The molecule has 0 radical (unpaired) electrons. The zero-order valence-corrected chi connectivity index (χ0v) is 14.0. The average Bonchev–Trinajstić information content (AvgIpc) is 3.24. The maximum Gasteiger partial charge on any atom is 0.272 e. The van der Waals surface area contributed by atoms with Gasteiger partial charge in [-0.15, -0.1) is 0 Å². The highest BCUT2D eigenvalue weighted by Crippen LogP contribution is 2.21. The van der Waals surface area contributed by atoms with Gasteiger partial charge in [0.25, 0.3) is 5.91 Å². The first-order valence-electron chi connectivity index (χ1n) is 7.83. The molecule has 4 rings (SSSR count). The van der Waals surface area contributed by atoms with Crippen LogP contribution in [0.3, 0.4) is 0 Å². The number of carbonyl (C=O) groups excluding carboxylic acids is 1. The number of aromatic nitrogens is 3. The molecule has 0 bridgehead atoms. The van der Waals surface area contributed by atoms with Gasteiger partial charge in [0.05, 0.1) is 6.54 Å². The van der Waals surface area contributed by atoms with Gasteiger partial charge in [-0.3, -0.25) is 9.48 Å². The van der Waals surface area contributed by atoms with E-state index in [9.17, 15) is 4.79 Å². The lowest BCUT2D eigenvalue weighted by Crippen LogP contribution is -2.12. The predicted octanol–water partition coefficient (Wildman–Crippen LogP) is 4.32. The normalized spacial score (nSPS) is 10.9. The van der Waals surface area contributed by atoms with Crippen LogP contribution in [-0.2, 0) is 6.54 Å². The van der Waals surface area contributed by atoms with Gasteiger partial charge in [0.1, 0.15) is 5.69 Å². The van der Waals surface area contributed by atoms with Gasteiger partial charge in [0.15, 0.2) is 0 Å². The van der Waals surface area contributed by atoms with E-state index < -0.39 is 0 Å². The molecule has 124 valence electrons. The molecule has 0 aliphatic carbocycles. The van der Waals surface area contributed by atoms with E-state index >= 15 is 0 Å². The number of benzene rings is 2. The van der Waals surface area contributed by atoms with E-state index in [-0.39, 0.29) is 5.91 Å². The first-order valence-corrected chi connectivity index (χ1v) is 8.21. The summed E-state index contributed by atoms with van der Waals surface area (Å²) in [5.74, 6) is -0.191.